The number of rotatable bonds is 4. The van der Waals surface area contributed by atoms with Gasteiger partial charge in [-0.1, -0.05) is 31.2 Å². The Labute approximate surface area is 107 Å². The van der Waals surface area contributed by atoms with E-state index in [-0.39, 0.29) is 17.9 Å². The molecule has 98 valence electrons. The van der Waals surface area contributed by atoms with Crippen LogP contribution in [0.3, 0.4) is 0 Å². The van der Waals surface area contributed by atoms with Gasteiger partial charge in [-0.2, -0.15) is 0 Å². The zero-order valence-corrected chi connectivity index (χ0v) is 10.6. The molecule has 0 saturated heterocycles. The molecule has 2 rings (SSSR count). The number of hydrogen-bond acceptors (Lipinski definition) is 3. The summed E-state index contributed by atoms with van der Waals surface area (Å²) >= 11 is 0. The number of amides is 1. The highest BCUT2D eigenvalue weighted by molar-refractivity contribution is 5.77. The molecule has 4 heteroatoms. The SMILES string of the molecule is CC(CN)CC(=O)N[C@@H]1c2ccccc2C[C@@H]1O. The fraction of sp³-hybridized carbons (Fsp3) is 0.500. The fourth-order valence-corrected chi connectivity index (χ4v) is 2.38. The molecule has 0 radical (unpaired) electrons. The first-order chi connectivity index (χ1) is 8.61. The van der Waals surface area contributed by atoms with Gasteiger partial charge >= 0.3 is 0 Å². The number of fused-ring (bicyclic) bond motifs is 1. The lowest BCUT2D eigenvalue weighted by molar-refractivity contribution is -0.123. The Morgan fingerprint density at radius 1 is 1.56 bits per heavy atom. The number of nitrogens with two attached hydrogens (primary N) is 1. The summed E-state index contributed by atoms with van der Waals surface area (Å²) in [4.78, 5) is 11.8. The molecule has 4 N–H and O–H groups in total. The molecule has 0 bridgehead atoms. The van der Waals surface area contributed by atoms with Crippen LogP contribution in [0.2, 0.25) is 0 Å². The van der Waals surface area contributed by atoms with E-state index in [1.165, 1.54) is 0 Å². The van der Waals surface area contributed by atoms with E-state index in [2.05, 4.69) is 5.32 Å². The van der Waals surface area contributed by atoms with Gasteiger partial charge in [0.25, 0.3) is 0 Å². The van der Waals surface area contributed by atoms with Crippen molar-refractivity contribution in [2.75, 3.05) is 6.54 Å². The Kier molecular flexibility index (Phi) is 3.99. The van der Waals surface area contributed by atoms with Gasteiger partial charge in [0.05, 0.1) is 12.1 Å². The summed E-state index contributed by atoms with van der Waals surface area (Å²) < 4.78 is 0. The molecule has 4 nitrogen and oxygen atoms in total. The Balaban J connectivity index is 2.03. The highest BCUT2D eigenvalue weighted by atomic mass is 16.3. The quantitative estimate of drug-likeness (QED) is 0.736. The number of hydrogen-bond donors (Lipinski definition) is 3. The average Bonchev–Trinajstić information content (AvgIpc) is 2.66. The molecular weight excluding hydrogens is 228 g/mol. The van der Waals surface area contributed by atoms with Crippen molar-refractivity contribution in [3.8, 4) is 0 Å². The Morgan fingerprint density at radius 3 is 3.00 bits per heavy atom. The first-order valence-corrected chi connectivity index (χ1v) is 6.37. The third-order valence-electron chi connectivity index (χ3n) is 3.46. The summed E-state index contributed by atoms with van der Waals surface area (Å²) in [6.07, 6.45) is 0.481. The predicted octanol–water partition coefficient (Wildman–Crippen LogP) is 0.746. The Hall–Kier alpha value is -1.39. The summed E-state index contributed by atoms with van der Waals surface area (Å²) in [5, 5.41) is 12.9. The summed E-state index contributed by atoms with van der Waals surface area (Å²) in [6.45, 7) is 2.44. The van der Waals surface area contributed by atoms with Crippen LogP contribution < -0.4 is 11.1 Å². The number of carbonyl (C=O) groups excluding carboxylic acids is 1. The maximum atomic E-state index is 11.8. The second-order valence-electron chi connectivity index (χ2n) is 5.06. The number of nitrogens with one attached hydrogen (secondary N) is 1. The second-order valence-corrected chi connectivity index (χ2v) is 5.06. The lowest BCUT2D eigenvalue weighted by Crippen LogP contribution is -2.35. The molecule has 18 heavy (non-hydrogen) atoms. The first-order valence-electron chi connectivity index (χ1n) is 6.37. The summed E-state index contributed by atoms with van der Waals surface area (Å²) in [5.41, 5.74) is 7.64. The summed E-state index contributed by atoms with van der Waals surface area (Å²) in [6, 6.07) is 7.56. The van der Waals surface area contributed by atoms with Crippen LogP contribution in [0, 0.1) is 5.92 Å². The van der Waals surface area contributed by atoms with Crippen molar-refractivity contribution < 1.29 is 9.90 Å². The van der Waals surface area contributed by atoms with Crippen molar-refractivity contribution in [1.82, 2.24) is 5.32 Å². The maximum Gasteiger partial charge on any atom is 0.220 e. The molecule has 0 saturated carbocycles. The molecule has 0 spiro atoms. The van der Waals surface area contributed by atoms with Crippen molar-refractivity contribution in [3.05, 3.63) is 35.4 Å². The van der Waals surface area contributed by atoms with E-state index in [4.69, 9.17) is 5.73 Å². The number of carbonyl (C=O) groups is 1. The van der Waals surface area contributed by atoms with Crippen molar-refractivity contribution in [1.29, 1.82) is 0 Å². The average molecular weight is 248 g/mol. The minimum atomic E-state index is -0.528. The van der Waals surface area contributed by atoms with Crippen LogP contribution in [0.1, 0.15) is 30.5 Å². The third kappa shape index (κ3) is 2.71. The lowest BCUT2D eigenvalue weighted by atomic mass is 10.1. The zero-order chi connectivity index (χ0) is 13.1. The van der Waals surface area contributed by atoms with E-state index < -0.39 is 6.10 Å². The molecule has 0 fully saturated rings. The minimum absolute atomic E-state index is 0.0475. The van der Waals surface area contributed by atoms with Gasteiger partial charge in [0, 0.05) is 12.8 Å². The van der Waals surface area contributed by atoms with E-state index >= 15 is 0 Å². The third-order valence-corrected chi connectivity index (χ3v) is 3.46. The van der Waals surface area contributed by atoms with Gasteiger partial charge in [0.15, 0.2) is 0 Å². The molecule has 1 aliphatic rings. The monoisotopic (exact) mass is 248 g/mol. The van der Waals surface area contributed by atoms with Gasteiger partial charge in [-0.25, -0.2) is 0 Å². The number of benzene rings is 1. The number of aliphatic hydroxyl groups excluding tert-OH is 1. The van der Waals surface area contributed by atoms with E-state index in [1.807, 2.05) is 31.2 Å². The van der Waals surface area contributed by atoms with Gasteiger partial charge in [-0.3, -0.25) is 4.79 Å². The Bertz CT molecular complexity index is 434. The fourth-order valence-electron chi connectivity index (χ4n) is 2.38. The van der Waals surface area contributed by atoms with Gasteiger partial charge in [-0.05, 0) is 23.6 Å². The topological polar surface area (TPSA) is 75.4 Å². The van der Waals surface area contributed by atoms with Crippen LogP contribution in [0.5, 0.6) is 0 Å². The number of aliphatic hydroxyl groups is 1. The molecule has 1 aliphatic carbocycles. The van der Waals surface area contributed by atoms with Crippen LogP contribution in [-0.4, -0.2) is 23.7 Å². The second kappa shape index (κ2) is 5.50. The van der Waals surface area contributed by atoms with E-state index in [0.29, 0.717) is 19.4 Å². The van der Waals surface area contributed by atoms with Crippen molar-refractivity contribution in [2.45, 2.75) is 31.9 Å². The van der Waals surface area contributed by atoms with Gasteiger partial charge in [0.2, 0.25) is 5.91 Å². The van der Waals surface area contributed by atoms with Crippen LogP contribution >= 0.6 is 0 Å². The molecule has 0 aromatic heterocycles. The van der Waals surface area contributed by atoms with Crippen molar-refractivity contribution in [2.24, 2.45) is 11.7 Å². The maximum absolute atomic E-state index is 11.8. The Morgan fingerprint density at radius 2 is 2.28 bits per heavy atom. The largest absolute Gasteiger partial charge is 0.390 e. The van der Waals surface area contributed by atoms with Crippen LogP contribution in [-0.2, 0) is 11.2 Å². The molecule has 1 amide bonds. The van der Waals surface area contributed by atoms with E-state index in [9.17, 15) is 9.90 Å². The first kappa shape index (κ1) is 13.1. The molecule has 0 aliphatic heterocycles. The van der Waals surface area contributed by atoms with Gasteiger partial charge in [0.1, 0.15) is 0 Å². The molecular formula is C14H20N2O2. The van der Waals surface area contributed by atoms with Gasteiger partial charge in [-0.15, -0.1) is 0 Å². The molecule has 1 aromatic carbocycles. The molecule has 0 heterocycles. The highest BCUT2D eigenvalue weighted by Crippen LogP contribution is 2.31. The molecule has 1 unspecified atom stereocenters. The van der Waals surface area contributed by atoms with E-state index in [0.717, 1.165) is 11.1 Å². The van der Waals surface area contributed by atoms with Crippen LogP contribution in [0.25, 0.3) is 0 Å². The summed E-state index contributed by atoms with van der Waals surface area (Å²) in [5.74, 6) is 0.118. The predicted molar refractivity (Wildman–Crippen MR) is 69.9 cm³/mol. The van der Waals surface area contributed by atoms with Crippen LogP contribution in [0.15, 0.2) is 24.3 Å². The zero-order valence-electron chi connectivity index (χ0n) is 10.6. The molecule has 3 atom stereocenters. The molecule has 1 aromatic rings. The standard InChI is InChI=1S/C14H20N2O2/c1-9(8-15)6-13(18)16-14-11-5-3-2-4-10(11)7-12(14)17/h2-5,9,12,14,17H,6-8,15H2,1H3,(H,16,18)/t9?,12-,14+/m0/s1. The minimum Gasteiger partial charge on any atom is -0.390 e. The lowest BCUT2D eigenvalue weighted by Gasteiger charge is -2.19. The highest BCUT2D eigenvalue weighted by Gasteiger charge is 2.31. The summed E-state index contributed by atoms with van der Waals surface area (Å²) in [7, 11) is 0. The van der Waals surface area contributed by atoms with Crippen LogP contribution in [0.4, 0.5) is 0 Å². The normalized spacial score (nSPS) is 23.5. The van der Waals surface area contributed by atoms with Crippen molar-refractivity contribution in [3.63, 3.8) is 0 Å². The van der Waals surface area contributed by atoms with Gasteiger partial charge < -0.3 is 16.2 Å². The smallest absolute Gasteiger partial charge is 0.220 e. The van der Waals surface area contributed by atoms with Crippen molar-refractivity contribution >= 4 is 5.91 Å². The van der Waals surface area contributed by atoms with E-state index in [1.54, 1.807) is 0 Å².